The Bertz CT molecular complexity index is 730. The molecule has 2 N–H and O–H groups in total. The number of amides is 1. The molecule has 3 heterocycles. The van der Waals surface area contributed by atoms with E-state index in [9.17, 15) is 9.90 Å². The fourth-order valence-electron chi connectivity index (χ4n) is 2.86. The van der Waals surface area contributed by atoms with Gasteiger partial charge >= 0.3 is 0 Å². The number of anilines is 1. The van der Waals surface area contributed by atoms with Crippen LogP contribution in [-0.2, 0) is 9.53 Å². The second kappa shape index (κ2) is 6.13. The van der Waals surface area contributed by atoms with Gasteiger partial charge in [-0.25, -0.2) is 0 Å². The molecule has 0 radical (unpaired) electrons. The normalized spacial score (nSPS) is 24.1. The number of hydrogen-bond donors (Lipinski definition) is 2. The van der Waals surface area contributed by atoms with Crippen molar-refractivity contribution in [3.8, 4) is 5.88 Å². The molecule has 0 spiro atoms. The Labute approximate surface area is 133 Å². The predicted molar refractivity (Wildman–Crippen MR) is 83.2 cm³/mol. The van der Waals surface area contributed by atoms with Crippen LogP contribution in [0.5, 0.6) is 5.88 Å². The van der Waals surface area contributed by atoms with Crippen LogP contribution >= 0.6 is 0 Å². The molecule has 0 aromatic carbocycles. The van der Waals surface area contributed by atoms with Crippen LogP contribution in [0.4, 0.5) is 5.95 Å². The maximum atomic E-state index is 11.3. The van der Waals surface area contributed by atoms with Crippen molar-refractivity contribution in [2.45, 2.75) is 45.1 Å². The van der Waals surface area contributed by atoms with Crippen LogP contribution < -0.4 is 10.1 Å². The monoisotopic (exact) mass is 320 g/mol. The summed E-state index contributed by atoms with van der Waals surface area (Å²) in [5.41, 5.74) is 0.592. The lowest BCUT2D eigenvalue weighted by atomic mass is 10.1. The molecule has 3 atom stereocenters. The number of aliphatic hydroxyl groups excluding tert-OH is 1. The minimum Gasteiger partial charge on any atom is -0.480 e. The van der Waals surface area contributed by atoms with Gasteiger partial charge in [0.25, 0.3) is 0 Å². The van der Waals surface area contributed by atoms with E-state index in [1.807, 2.05) is 23.8 Å². The summed E-state index contributed by atoms with van der Waals surface area (Å²) >= 11 is 0. The van der Waals surface area contributed by atoms with Gasteiger partial charge in [-0.3, -0.25) is 10.1 Å². The van der Waals surface area contributed by atoms with Crippen molar-refractivity contribution in [3.05, 3.63) is 12.3 Å². The fraction of sp³-hybridized carbons (Fsp3) is 0.533. The molecule has 1 fully saturated rings. The number of aliphatic hydroxyl groups is 1. The van der Waals surface area contributed by atoms with Crippen LogP contribution in [0.2, 0.25) is 0 Å². The van der Waals surface area contributed by atoms with E-state index < -0.39 is 6.10 Å². The van der Waals surface area contributed by atoms with Gasteiger partial charge in [-0.2, -0.15) is 9.97 Å². The quantitative estimate of drug-likeness (QED) is 0.885. The van der Waals surface area contributed by atoms with Crippen LogP contribution in [0.15, 0.2) is 12.3 Å². The highest BCUT2D eigenvalue weighted by atomic mass is 16.5. The summed E-state index contributed by atoms with van der Waals surface area (Å²) in [5, 5.41) is 13.3. The first-order valence-corrected chi connectivity index (χ1v) is 7.57. The summed E-state index contributed by atoms with van der Waals surface area (Å²) in [6.07, 6.45) is 2.07. The van der Waals surface area contributed by atoms with Crippen LogP contribution in [0, 0.1) is 0 Å². The lowest BCUT2D eigenvalue weighted by Gasteiger charge is -2.15. The summed E-state index contributed by atoms with van der Waals surface area (Å²) in [7, 11) is 1.51. The lowest BCUT2D eigenvalue weighted by molar-refractivity contribution is -0.114. The zero-order valence-corrected chi connectivity index (χ0v) is 13.3. The van der Waals surface area contributed by atoms with E-state index >= 15 is 0 Å². The Hall–Kier alpha value is -2.19. The van der Waals surface area contributed by atoms with Crippen LogP contribution in [0.25, 0.3) is 11.0 Å². The molecule has 0 saturated carbocycles. The first-order valence-electron chi connectivity index (χ1n) is 7.57. The van der Waals surface area contributed by atoms with Gasteiger partial charge < -0.3 is 19.1 Å². The van der Waals surface area contributed by atoms with E-state index in [1.54, 1.807) is 0 Å². The Morgan fingerprint density at radius 3 is 2.96 bits per heavy atom. The molecule has 8 heteroatoms. The van der Waals surface area contributed by atoms with Gasteiger partial charge in [-0.05, 0) is 12.5 Å². The predicted octanol–water partition coefficient (Wildman–Crippen LogP) is 1.46. The molecule has 1 saturated heterocycles. The molecule has 1 aliphatic rings. The molecule has 0 bridgehead atoms. The maximum absolute atomic E-state index is 11.3. The van der Waals surface area contributed by atoms with E-state index in [4.69, 9.17) is 9.47 Å². The second-order valence-corrected chi connectivity index (χ2v) is 5.54. The Balaban J connectivity index is 2.03. The molecular weight excluding hydrogens is 300 g/mol. The third kappa shape index (κ3) is 2.87. The molecule has 23 heavy (non-hydrogen) atoms. The third-order valence-electron chi connectivity index (χ3n) is 3.93. The van der Waals surface area contributed by atoms with Gasteiger partial charge in [0, 0.05) is 19.5 Å². The van der Waals surface area contributed by atoms with Crippen molar-refractivity contribution >= 4 is 22.9 Å². The van der Waals surface area contributed by atoms with Gasteiger partial charge in [-0.15, -0.1) is 0 Å². The van der Waals surface area contributed by atoms with Crippen LogP contribution in [-0.4, -0.2) is 44.9 Å². The topological polar surface area (TPSA) is 98.5 Å². The Kier molecular flexibility index (Phi) is 4.18. The van der Waals surface area contributed by atoms with Crippen molar-refractivity contribution < 1.29 is 19.4 Å². The molecule has 0 unspecified atom stereocenters. The highest BCUT2D eigenvalue weighted by Gasteiger charge is 2.34. The zero-order chi connectivity index (χ0) is 16.6. The number of aromatic nitrogens is 3. The first kappa shape index (κ1) is 15.7. The van der Waals surface area contributed by atoms with E-state index in [0.717, 1.165) is 11.8 Å². The number of methoxy groups -OCH3 is 1. The average Bonchev–Trinajstić information content (AvgIpc) is 3.08. The highest BCUT2D eigenvalue weighted by Crippen LogP contribution is 2.34. The smallest absolute Gasteiger partial charge is 0.234 e. The minimum atomic E-state index is -0.499. The Morgan fingerprint density at radius 1 is 1.57 bits per heavy atom. The molecule has 1 aliphatic heterocycles. The summed E-state index contributed by atoms with van der Waals surface area (Å²) in [5.74, 6) is 0.290. The van der Waals surface area contributed by atoms with Crippen molar-refractivity contribution in [2.75, 3.05) is 12.4 Å². The highest BCUT2D eigenvalue weighted by molar-refractivity contribution is 5.89. The first-order chi connectivity index (χ1) is 11.0. The van der Waals surface area contributed by atoms with Crippen LogP contribution in [0.3, 0.4) is 0 Å². The number of ether oxygens (including phenoxy) is 2. The maximum Gasteiger partial charge on any atom is 0.234 e. The number of rotatable bonds is 4. The molecular formula is C15H20N4O4. The summed E-state index contributed by atoms with van der Waals surface area (Å²) in [6, 6.07) is 1.83. The molecule has 2 aromatic rings. The largest absolute Gasteiger partial charge is 0.480 e. The molecule has 2 aromatic heterocycles. The minimum absolute atomic E-state index is 0.174. The van der Waals surface area contributed by atoms with Crippen molar-refractivity contribution in [2.24, 2.45) is 0 Å². The third-order valence-corrected chi connectivity index (χ3v) is 3.93. The molecule has 124 valence electrons. The number of carbonyl (C=O) groups is 1. The fourth-order valence-corrected chi connectivity index (χ4v) is 2.86. The standard InChI is InChI=1S/C15H20N4O4/c1-4-11-10(21)7-12(23-11)19-6-5-9-13(19)17-15(16-8(2)20)18-14(9)22-3/h5-6,10-12,21H,4,7H2,1-3H3,(H,16,17,18,20)/t10-,11-,12-/m1/s1. The molecule has 3 rings (SSSR count). The van der Waals surface area contributed by atoms with E-state index in [0.29, 0.717) is 17.9 Å². The second-order valence-electron chi connectivity index (χ2n) is 5.54. The van der Waals surface area contributed by atoms with Gasteiger partial charge in [0.15, 0.2) is 5.65 Å². The van der Waals surface area contributed by atoms with E-state index in [2.05, 4.69) is 15.3 Å². The number of nitrogens with zero attached hydrogens (tertiary/aromatic N) is 3. The number of nitrogens with one attached hydrogen (secondary N) is 1. The average molecular weight is 320 g/mol. The number of carbonyl (C=O) groups excluding carboxylic acids is 1. The Morgan fingerprint density at radius 2 is 2.35 bits per heavy atom. The number of fused-ring (bicyclic) bond motifs is 1. The van der Waals surface area contributed by atoms with Crippen LogP contribution in [0.1, 0.15) is 32.9 Å². The summed E-state index contributed by atoms with van der Waals surface area (Å²) < 4.78 is 13.0. The van der Waals surface area contributed by atoms with Crippen molar-refractivity contribution in [3.63, 3.8) is 0 Å². The molecule has 8 nitrogen and oxygen atoms in total. The van der Waals surface area contributed by atoms with Crippen molar-refractivity contribution in [1.29, 1.82) is 0 Å². The summed E-state index contributed by atoms with van der Waals surface area (Å²) in [4.78, 5) is 19.8. The zero-order valence-electron chi connectivity index (χ0n) is 13.3. The van der Waals surface area contributed by atoms with Crippen molar-refractivity contribution in [1.82, 2.24) is 14.5 Å². The summed E-state index contributed by atoms with van der Waals surface area (Å²) in [6.45, 7) is 3.37. The SMILES string of the molecule is CC[C@H]1O[C@@H](n2ccc3c(OC)nc(NC(C)=O)nc32)C[C@H]1O. The van der Waals surface area contributed by atoms with Gasteiger partial charge in [0.2, 0.25) is 17.7 Å². The lowest BCUT2D eigenvalue weighted by Crippen LogP contribution is -2.19. The van der Waals surface area contributed by atoms with Gasteiger partial charge in [0.05, 0.1) is 24.7 Å². The van der Waals surface area contributed by atoms with E-state index in [-0.39, 0.29) is 24.2 Å². The van der Waals surface area contributed by atoms with Gasteiger partial charge in [-0.1, -0.05) is 6.92 Å². The van der Waals surface area contributed by atoms with E-state index in [1.165, 1.54) is 14.0 Å². The molecule has 0 aliphatic carbocycles. The van der Waals surface area contributed by atoms with Gasteiger partial charge in [0.1, 0.15) is 6.23 Å². The number of hydrogen-bond acceptors (Lipinski definition) is 6. The molecule has 1 amide bonds.